The van der Waals surface area contributed by atoms with Crippen molar-refractivity contribution in [2.75, 3.05) is 6.61 Å². The van der Waals surface area contributed by atoms with Crippen molar-refractivity contribution in [3.8, 4) is 11.5 Å². The Kier molecular flexibility index (Phi) is 11.2. The minimum Gasteiger partial charge on any atom is -0.494 e. The Labute approximate surface area is 226 Å². The van der Waals surface area contributed by atoms with Crippen LogP contribution in [0.15, 0.2) is 72.8 Å². The zero-order valence-electron chi connectivity index (χ0n) is 22.6. The maximum Gasteiger partial charge on any atom is 0.303 e. The van der Waals surface area contributed by atoms with Gasteiger partial charge in [-0.1, -0.05) is 69.7 Å². The molecule has 0 saturated heterocycles. The fraction of sp³-hybridized carbons (Fsp3) is 0.375. The molecule has 0 fully saturated rings. The molecular weight excluding hydrogens is 478 g/mol. The molecule has 3 aromatic rings. The Bertz CT molecular complexity index is 1160. The number of aliphatic carboxylic acids is 1. The first-order valence-corrected chi connectivity index (χ1v) is 13.4. The topological polar surface area (TPSA) is 84.9 Å². The van der Waals surface area contributed by atoms with E-state index in [1.807, 2.05) is 72.8 Å². The minimum absolute atomic E-state index is 0.0466. The summed E-state index contributed by atoms with van der Waals surface area (Å²) in [6.45, 7) is 7.37. The predicted octanol–water partition coefficient (Wildman–Crippen LogP) is 6.98. The number of hydrogen-bond donors (Lipinski definition) is 2. The van der Waals surface area contributed by atoms with Crippen molar-refractivity contribution in [1.29, 1.82) is 0 Å². The van der Waals surface area contributed by atoms with Gasteiger partial charge in [0.2, 0.25) is 0 Å². The standard InChI is InChI=1S/C32H39NO5/c1-4-5-19-37-28-16-13-26(14-17-28)30(20-23(2)3)33-32(36)29-21-24(11-12-25(29)15-18-31(34)35)22-38-27-9-7-6-8-10-27/h6-14,16-17,21,23,30H,4-5,15,18-20,22H2,1-3H3,(H,33,36)(H,34,35). The lowest BCUT2D eigenvalue weighted by Crippen LogP contribution is -2.30. The van der Waals surface area contributed by atoms with Gasteiger partial charge >= 0.3 is 5.97 Å². The Balaban J connectivity index is 1.80. The number of carbonyl (C=O) groups excluding carboxylic acids is 1. The highest BCUT2D eigenvalue weighted by Gasteiger charge is 2.20. The number of rotatable bonds is 15. The highest BCUT2D eigenvalue weighted by Crippen LogP contribution is 2.25. The largest absolute Gasteiger partial charge is 0.494 e. The maximum atomic E-state index is 13.6. The first-order chi connectivity index (χ1) is 18.4. The van der Waals surface area contributed by atoms with Crippen molar-refractivity contribution in [3.63, 3.8) is 0 Å². The summed E-state index contributed by atoms with van der Waals surface area (Å²) in [5, 5.41) is 12.4. The molecule has 0 spiro atoms. The summed E-state index contributed by atoms with van der Waals surface area (Å²) in [6.07, 6.45) is 3.08. The fourth-order valence-electron chi connectivity index (χ4n) is 4.18. The van der Waals surface area contributed by atoms with E-state index in [0.717, 1.165) is 41.9 Å². The highest BCUT2D eigenvalue weighted by atomic mass is 16.5. The summed E-state index contributed by atoms with van der Waals surface area (Å²) >= 11 is 0. The number of benzene rings is 3. The Morgan fingerprint density at radius 1 is 0.921 bits per heavy atom. The van der Waals surface area contributed by atoms with Crippen LogP contribution in [0.4, 0.5) is 0 Å². The number of ether oxygens (including phenoxy) is 2. The van der Waals surface area contributed by atoms with E-state index in [-0.39, 0.29) is 24.8 Å². The predicted molar refractivity (Wildman–Crippen MR) is 150 cm³/mol. The number of para-hydroxylation sites is 1. The van der Waals surface area contributed by atoms with Crippen molar-refractivity contribution < 1.29 is 24.2 Å². The lowest BCUT2D eigenvalue weighted by Gasteiger charge is -2.22. The van der Waals surface area contributed by atoms with Gasteiger partial charge in [-0.25, -0.2) is 0 Å². The number of carboxylic acid groups (broad SMARTS) is 1. The molecule has 1 atom stereocenters. The van der Waals surface area contributed by atoms with Crippen LogP contribution in [-0.2, 0) is 17.8 Å². The third-order valence-electron chi connectivity index (χ3n) is 6.24. The molecule has 6 heteroatoms. The van der Waals surface area contributed by atoms with E-state index in [1.54, 1.807) is 0 Å². The molecule has 0 radical (unpaired) electrons. The molecule has 38 heavy (non-hydrogen) atoms. The Morgan fingerprint density at radius 2 is 1.63 bits per heavy atom. The number of amides is 1. The summed E-state index contributed by atoms with van der Waals surface area (Å²) in [4.78, 5) is 24.9. The van der Waals surface area contributed by atoms with E-state index in [0.29, 0.717) is 30.3 Å². The van der Waals surface area contributed by atoms with Crippen LogP contribution in [0.1, 0.15) is 79.5 Å². The molecule has 0 saturated carbocycles. The van der Waals surface area contributed by atoms with Gasteiger partial charge in [-0.05, 0) is 72.2 Å². The van der Waals surface area contributed by atoms with E-state index in [2.05, 4.69) is 26.1 Å². The first-order valence-electron chi connectivity index (χ1n) is 13.4. The van der Waals surface area contributed by atoms with Crippen molar-refractivity contribution in [3.05, 3.63) is 95.1 Å². The van der Waals surface area contributed by atoms with Crippen LogP contribution in [0.5, 0.6) is 11.5 Å². The van der Waals surface area contributed by atoms with Gasteiger partial charge in [0.25, 0.3) is 5.91 Å². The van der Waals surface area contributed by atoms with Crippen LogP contribution in [0.25, 0.3) is 0 Å². The first kappa shape index (κ1) is 28.8. The van der Waals surface area contributed by atoms with E-state index >= 15 is 0 Å². The van der Waals surface area contributed by atoms with Crippen LogP contribution in [-0.4, -0.2) is 23.6 Å². The van der Waals surface area contributed by atoms with Gasteiger partial charge in [0.1, 0.15) is 18.1 Å². The molecule has 0 bridgehead atoms. The number of aryl methyl sites for hydroxylation is 1. The third-order valence-corrected chi connectivity index (χ3v) is 6.24. The normalized spacial score (nSPS) is 11.7. The van der Waals surface area contributed by atoms with Crippen LogP contribution < -0.4 is 14.8 Å². The average molecular weight is 518 g/mol. The average Bonchev–Trinajstić information content (AvgIpc) is 2.91. The summed E-state index contributed by atoms with van der Waals surface area (Å²) in [6, 6.07) is 22.7. The smallest absolute Gasteiger partial charge is 0.303 e. The second-order valence-corrected chi connectivity index (χ2v) is 9.91. The lowest BCUT2D eigenvalue weighted by atomic mass is 9.95. The molecule has 202 valence electrons. The van der Waals surface area contributed by atoms with Crippen molar-refractivity contribution in [2.24, 2.45) is 5.92 Å². The van der Waals surface area contributed by atoms with E-state index in [1.165, 1.54) is 0 Å². The Hall–Kier alpha value is -3.80. The van der Waals surface area contributed by atoms with Gasteiger partial charge < -0.3 is 19.9 Å². The molecule has 3 aromatic carbocycles. The number of carbonyl (C=O) groups is 2. The third kappa shape index (κ3) is 9.25. The summed E-state index contributed by atoms with van der Waals surface area (Å²) in [5.74, 6) is 0.803. The number of unbranched alkanes of at least 4 members (excludes halogenated alkanes) is 1. The fourth-order valence-corrected chi connectivity index (χ4v) is 4.18. The van der Waals surface area contributed by atoms with E-state index < -0.39 is 5.97 Å². The molecule has 0 aliphatic carbocycles. The van der Waals surface area contributed by atoms with E-state index in [9.17, 15) is 14.7 Å². The van der Waals surface area contributed by atoms with Gasteiger partial charge in [0.15, 0.2) is 0 Å². The van der Waals surface area contributed by atoms with Crippen LogP contribution in [0.3, 0.4) is 0 Å². The van der Waals surface area contributed by atoms with Crippen LogP contribution >= 0.6 is 0 Å². The quantitative estimate of drug-likeness (QED) is 0.213. The van der Waals surface area contributed by atoms with Crippen molar-refractivity contribution in [1.82, 2.24) is 5.32 Å². The number of hydrogen-bond acceptors (Lipinski definition) is 4. The second-order valence-electron chi connectivity index (χ2n) is 9.91. The molecule has 1 amide bonds. The van der Waals surface area contributed by atoms with Crippen LogP contribution in [0, 0.1) is 5.92 Å². The molecule has 0 aliphatic heterocycles. The SMILES string of the molecule is CCCCOc1ccc(C(CC(C)C)NC(=O)c2cc(COc3ccccc3)ccc2CCC(=O)O)cc1. The van der Waals surface area contributed by atoms with Gasteiger partial charge in [-0.3, -0.25) is 9.59 Å². The van der Waals surface area contributed by atoms with Crippen LogP contribution in [0.2, 0.25) is 0 Å². The zero-order chi connectivity index (χ0) is 27.3. The molecule has 0 heterocycles. The Morgan fingerprint density at radius 3 is 2.29 bits per heavy atom. The molecule has 0 aromatic heterocycles. The molecule has 3 rings (SSSR count). The zero-order valence-corrected chi connectivity index (χ0v) is 22.6. The minimum atomic E-state index is -0.897. The number of carboxylic acids is 1. The maximum absolute atomic E-state index is 13.6. The summed E-state index contributed by atoms with van der Waals surface area (Å²) < 4.78 is 11.7. The molecule has 0 aliphatic rings. The van der Waals surface area contributed by atoms with Gasteiger partial charge in [-0.2, -0.15) is 0 Å². The highest BCUT2D eigenvalue weighted by molar-refractivity contribution is 5.96. The summed E-state index contributed by atoms with van der Waals surface area (Å²) in [5.41, 5.74) is 3.03. The van der Waals surface area contributed by atoms with Gasteiger partial charge in [-0.15, -0.1) is 0 Å². The molecule has 2 N–H and O–H groups in total. The lowest BCUT2D eigenvalue weighted by molar-refractivity contribution is -0.136. The molecular formula is C32H39NO5. The van der Waals surface area contributed by atoms with Gasteiger partial charge in [0, 0.05) is 12.0 Å². The van der Waals surface area contributed by atoms with Gasteiger partial charge in [0.05, 0.1) is 12.6 Å². The number of nitrogens with one attached hydrogen (secondary N) is 1. The molecule has 6 nitrogen and oxygen atoms in total. The second kappa shape index (κ2) is 14.8. The molecule has 1 unspecified atom stereocenters. The van der Waals surface area contributed by atoms with Crippen molar-refractivity contribution >= 4 is 11.9 Å². The monoisotopic (exact) mass is 517 g/mol. The summed E-state index contributed by atoms with van der Waals surface area (Å²) in [7, 11) is 0. The van der Waals surface area contributed by atoms with E-state index in [4.69, 9.17) is 9.47 Å². The van der Waals surface area contributed by atoms with Crippen molar-refractivity contribution in [2.45, 2.75) is 65.5 Å².